The van der Waals surface area contributed by atoms with Crippen LogP contribution in [0.15, 0.2) is 55.4 Å². The van der Waals surface area contributed by atoms with E-state index in [2.05, 4.69) is 54.0 Å². The summed E-state index contributed by atoms with van der Waals surface area (Å²) in [6, 6.07) is 12.8. The van der Waals surface area contributed by atoms with Crippen molar-refractivity contribution in [2.24, 2.45) is 0 Å². The van der Waals surface area contributed by atoms with E-state index in [0.717, 1.165) is 40.2 Å². The summed E-state index contributed by atoms with van der Waals surface area (Å²) >= 11 is 0. The molecule has 0 bridgehead atoms. The number of amides is 1. The Morgan fingerprint density at radius 3 is 1.70 bits per heavy atom. The normalized spacial score (nSPS) is 12.5. The number of ether oxygens (including phenoxy) is 1. The van der Waals surface area contributed by atoms with E-state index in [1.165, 1.54) is 102 Å². The third-order valence-electron chi connectivity index (χ3n) is 9.10. The van der Waals surface area contributed by atoms with Gasteiger partial charge in [-0.05, 0) is 69.2 Å². The minimum Gasteiger partial charge on any atom is -0.450 e. The first-order valence-electron chi connectivity index (χ1n) is 19.6. The third kappa shape index (κ3) is 21.4. The van der Waals surface area contributed by atoms with Crippen LogP contribution in [-0.2, 0) is 43.3 Å². The van der Waals surface area contributed by atoms with Gasteiger partial charge in [0.2, 0.25) is 0 Å². The van der Waals surface area contributed by atoms with Crippen LogP contribution in [0, 0.1) is 0 Å². The van der Waals surface area contributed by atoms with Gasteiger partial charge in [-0.1, -0.05) is 114 Å². The molecule has 2 rings (SSSR count). The van der Waals surface area contributed by atoms with E-state index in [9.17, 15) is 48.0 Å². The first-order chi connectivity index (χ1) is 26.5. The number of aromatic nitrogens is 1. The van der Waals surface area contributed by atoms with Crippen molar-refractivity contribution in [2.75, 3.05) is 6.61 Å². The fourth-order valence-corrected chi connectivity index (χ4v) is 7.35. The molecule has 0 fully saturated rings. The van der Waals surface area contributed by atoms with E-state index in [0.29, 0.717) is 6.61 Å². The largest absolute Gasteiger partial charge is 0.480 e. The molecule has 0 saturated carbocycles. The number of rotatable bonds is 25. The Labute approximate surface area is 336 Å². The molecule has 0 spiro atoms. The number of benzene rings is 1. The second-order valence-corrected chi connectivity index (χ2v) is 18.1. The van der Waals surface area contributed by atoms with Crippen molar-refractivity contribution in [1.29, 1.82) is 0 Å². The topological polar surface area (TPSA) is 125 Å². The third-order valence-corrected chi connectivity index (χ3v) is 11.8. The number of unbranched alkanes of at least 4 members (excludes halogenated alkanes) is 14. The highest BCUT2D eigenvalue weighted by Gasteiger charge is 2.47. The van der Waals surface area contributed by atoms with Gasteiger partial charge in [0.1, 0.15) is 6.54 Å². The number of nitrogens with zero attached hydrogens (tertiary/aromatic N) is 2. The number of aryl methyl sites for hydroxylation is 2. The van der Waals surface area contributed by atoms with E-state index in [1.54, 1.807) is 0 Å². The number of carbonyl (C=O) groups excluding carboxylic acids is 1. The van der Waals surface area contributed by atoms with E-state index in [4.69, 9.17) is 4.74 Å². The molecule has 0 aliphatic carbocycles. The molecular weight excluding hydrogens is 797 g/mol. The summed E-state index contributed by atoms with van der Waals surface area (Å²) in [4.78, 5) is 12.3. The molecule has 0 radical (unpaired) electrons. The number of halogens is 6. The maximum atomic E-state index is 12.3. The molecule has 0 saturated heterocycles. The van der Waals surface area contributed by atoms with Gasteiger partial charge < -0.3 is 14.2 Å². The molecule has 1 heterocycles. The van der Waals surface area contributed by atoms with Crippen molar-refractivity contribution in [1.82, 2.24) is 5.32 Å². The molecule has 1 aromatic heterocycles. The van der Waals surface area contributed by atoms with E-state index >= 15 is 0 Å². The molecule has 17 heteroatoms. The lowest BCUT2D eigenvalue weighted by atomic mass is 9.92. The van der Waals surface area contributed by atoms with E-state index in [-0.39, 0.29) is 6.09 Å². The van der Waals surface area contributed by atoms with Crippen LogP contribution in [0.4, 0.5) is 31.1 Å². The van der Waals surface area contributed by atoms with Crippen LogP contribution in [0.2, 0.25) is 0 Å². The number of allylic oxidation sites excluding steroid dienone is 1. The Kier molecular flexibility index (Phi) is 23.0. The number of nitrogens with one attached hydrogen (secondary N) is 1. The summed E-state index contributed by atoms with van der Waals surface area (Å²) in [6.45, 7) is 13.9. The fraction of sp³-hybridized carbons (Fsp3) is 0.650. The van der Waals surface area contributed by atoms with Gasteiger partial charge >= 0.3 is 17.1 Å². The van der Waals surface area contributed by atoms with Gasteiger partial charge in [-0.2, -0.15) is 26.3 Å². The average Bonchev–Trinajstić information content (AvgIpc) is 3.11. The standard InChI is InChI=1S/C38H60N2O2.C2F6NO4S2/c1-6-7-8-9-16-19-23-34-26-29-40(30-27-34)28-20-17-14-12-10-11-13-15-18-21-31-42-37(41)39-38(4,5)36-25-22-24-35(32-36)33(2)3;3-1(4,5)14(10,11)9-15(12,13)2(6,7)8/h22,24-27,29-30,32H,2,6-21,23,28,31H2,1,3-5H3;/q;-1/p+1. The zero-order valence-electron chi connectivity index (χ0n) is 33.7. The monoisotopic (exact) mass is 857 g/mol. The number of pyridine rings is 1. The van der Waals surface area contributed by atoms with Crippen LogP contribution in [0.5, 0.6) is 0 Å². The van der Waals surface area contributed by atoms with Crippen molar-refractivity contribution in [3.05, 3.63) is 76.2 Å². The smallest absolute Gasteiger partial charge is 0.450 e. The lowest BCUT2D eigenvalue weighted by Gasteiger charge is -2.27. The zero-order valence-corrected chi connectivity index (χ0v) is 35.3. The number of alkyl carbamates (subject to hydrolysis) is 1. The minimum absolute atomic E-state index is 0.348. The summed E-state index contributed by atoms with van der Waals surface area (Å²) in [5, 5.41) is 3.01. The second kappa shape index (κ2) is 25.3. The Hall–Kier alpha value is -3.18. The first-order valence-corrected chi connectivity index (χ1v) is 22.5. The van der Waals surface area contributed by atoms with Crippen LogP contribution < -0.4 is 9.88 Å². The molecule has 1 aromatic carbocycles. The van der Waals surface area contributed by atoms with Crippen LogP contribution >= 0.6 is 0 Å². The number of alkyl halides is 6. The highest BCUT2D eigenvalue weighted by atomic mass is 32.3. The van der Waals surface area contributed by atoms with Gasteiger partial charge in [0, 0.05) is 18.6 Å². The maximum absolute atomic E-state index is 12.3. The van der Waals surface area contributed by atoms with Crippen LogP contribution in [0.3, 0.4) is 0 Å². The SMILES string of the molecule is C=C(C)c1cccc(C(C)(C)NC(=O)OCCCCCCCCCCCC[n+]2ccc(CCCCCCCC)cc2)c1.O=S(=O)([N-]S(=O)(=O)C(F)(F)F)C(F)(F)F. The van der Waals surface area contributed by atoms with E-state index < -0.39 is 36.6 Å². The maximum Gasteiger partial charge on any atom is 0.480 e. The average molecular weight is 858 g/mol. The van der Waals surface area contributed by atoms with Crippen LogP contribution in [0.1, 0.15) is 147 Å². The molecule has 1 amide bonds. The van der Waals surface area contributed by atoms with Crippen molar-refractivity contribution in [2.45, 2.75) is 160 Å². The molecule has 0 aliphatic rings. The lowest BCUT2D eigenvalue weighted by Crippen LogP contribution is -2.41. The first kappa shape index (κ1) is 51.8. The lowest BCUT2D eigenvalue weighted by molar-refractivity contribution is -0.697. The molecule has 9 nitrogen and oxygen atoms in total. The molecule has 0 aliphatic heterocycles. The number of hydrogen-bond donors (Lipinski definition) is 1. The molecular formula is C40H61F6N3O6S2. The summed E-state index contributed by atoms with van der Waals surface area (Å²) < 4.78 is 117. The van der Waals surface area contributed by atoms with Crippen molar-refractivity contribution >= 4 is 31.7 Å². The fourth-order valence-electron chi connectivity index (χ4n) is 5.64. The molecule has 57 heavy (non-hydrogen) atoms. The molecule has 2 aromatic rings. The molecule has 326 valence electrons. The summed E-state index contributed by atoms with van der Waals surface area (Å²) in [5.74, 6) is 0. The molecule has 1 N–H and O–H groups in total. The van der Waals surface area contributed by atoms with Gasteiger partial charge in [-0.3, -0.25) is 0 Å². The van der Waals surface area contributed by atoms with Gasteiger partial charge in [0.25, 0.3) is 0 Å². The van der Waals surface area contributed by atoms with Crippen molar-refractivity contribution in [3.8, 4) is 0 Å². The number of hydrogen-bond acceptors (Lipinski definition) is 6. The van der Waals surface area contributed by atoms with Gasteiger partial charge in [0.15, 0.2) is 32.4 Å². The summed E-state index contributed by atoms with van der Waals surface area (Å²) in [5.41, 5.74) is -8.27. The summed E-state index contributed by atoms with van der Waals surface area (Å²) in [6.07, 6.45) is 26.1. The number of carbonyl (C=O) groups is 1. The quantitative estimate of drug-likeness (QED) is 0.0602. The van der Waals surface area contributed by atoms with Crippen LogP contribution in [-0.4, -0.2) is 40.6 Å². The predicted octanol–water partition coefficient (Wildman–Crippen LogP) is 11.5. The highest BCUT2D eigenvalue weighted by Crippen LogP contribution is 2.36. The predicted molar refractivity (Wildman–Crippen MR) is 212 cm³/mol. The van der Waals surface area contributed by atoms with Gasteiger partial charge in [-0.25, -0.2) is 26.2 Å². The minimum atomic E-state index is -6.72. The summed E-state index contributed by atoms with van der Waals surface area (Å²) in [7, 11) is -13.4. The van der Waals surface area contributed by atoms with Crippen molar-refractivity contribution < 1.29 is 57.3 Å². The van der Waals surface area contributed by atoms with Crippen molar-refractivity contribution in [3.63, 3.8) is 0 Å². The van der Waals surface area contributed by atoms with Crippen LogP contribution in [0.25, 0.3) is 9.70 Å². The second-order valence-electron chi connectivity index (χ2n) is 14.7. The van der Waals surface area contributed by atoms with Gasteiger partial charge in [0.05, 0.1) is 12.1 Å². The highest BCUT2D eigenvalue weighted by molar-refractivity contribution is 8.13. The zero-order chi connectivity index (χ0) is 43.2. The molecule has 0 unspecified atom stereocenters. The number of sulfonamides is 2. The van der Waals surface area contributed by atoms with E-state index in [1.807, 2.05) is 39.0 Å². The Balaban J connectivity index is 0.000000912. The Morgan fingerprint density at radius 1 is 0.737 bits per heavy atom. The van der Waals surface area contributed by atoms with Gasteiger partial charge in [-0.15, -0.1) is 0 Å². The Bertz CT molecular complexity index is 1660. The molecule has 0 atom stereocenters. The Morgan fingerprint density at radius 2 is 1.21 bits per heavy atom.